The second-order valence-corrected chi connectivity index (χ2v) is 8.17. The number of hydrogen-bond acceptors (Lipinski definition) is 4. The number of carbonyl (C=O) groups is 3. The zero-order valence-electron chi connectivity index (χ0n) is 18.5. The number of rotatable bonds is 7. The maximum Gasteiger partial charge on any atom is 0.258 e. The molecule has 0 radical (unpaired) electrons. The van der Waals surface area contributed by atoms with Gasteiger partial charge >= 0.3 is 0 Å². The van der Waals surface area contributed by atoms with E-state index >= 15 is 0 Å². The van der Waals surface area contributed by atoms with Crippen molar-refractivity contribution in [3.63, 3.8) is 0 Å². The van der Waals surface area contributed by atoms with E-state index in [1.165, 1.54) is 16.9 Å². The van der Waals surface area contributed by atoms with Crippen LogP contribution in [0.4, 0.5) is 5.69 Å². The standard InChI is InChI=1S/C24H29N3O4/c1-17(2)13-25(24(30)20-7-5-6-8-21(20)31-4)14-22(28)26-15-23(29)27(16-26)19-11-9-18(3)10-12-19/h5-12,17H,13-16H2,1-4H3. The van der Waals surface area contributed by atoms with E-state index in [1.807, 2.05) is 45.0 Å². The van der Waals surface area contributed by atoms with E-state index in [0.29, 0.717) is 17.9 Å². The largest absolute Gasteiger partial charge is 0.496 e. The van der Waals surface area contributed by atoms with Gasteiger partial charge in [0.25, 0.3) is 5.91 Å². The van der Waals surface area contributed by atoms with Crippen molar-refractivity contribution in [3.05, 3.63) is 59.7 Å². The lowest BCUT2D eigenvalue weighted by Gasteiger charge is -2.27. The van der Waals surface area contributed by atoms with Crippen LogP contribution in [0.1, 0.15) is 29.8 Å². The van der Waals surface area contributed by atoms with E-state index in [9.17, 15) is 14.4 Å². The van der Waals surface area contributed by atoms with Gasteiger partial charge in [0.1, 0.15) is 25.5 Å². The Morgan fingerprint density at radius 2 is 1.77 bits per heavy atom. The van der Waals surface area contributed by atoms with E-state index < -0.39 is 0 Å². The van der Waals surface area contributed by atoms with Crippen LogP contribution in [0.5, 0.6) is 5.75 Å². The summed E-state index contributed by atoms with van der Waals surface area (Å²) in [6.07, 6.45) is 0. The lowest BCUT2D eigenvalue weighted by molar-refractivity contribution is -0.132. The molecule has 0 N–H and O–H groups in total. The molecule has 2 aromatic rings. The van der Waals surface area contributed by atoms with Gasteiger partial charge in [-0.05, 0) is 37.1 Å². The first kappa shape index (κ1) is 22.3. The third-order valence-corrected chi connectivity index (χ3v) is 5.17. The third kappa shape index (κ3) is 5.23. The number of carbonyl (C=O) groups excluding carboxylic acids is 3. The first-order chi connectivity index (χ1) is 14.8. The Morgan fingerprint density at radius 3 is 2.42 bits per heavy atom. The lowest BCUT2D eigenvalue weighted by Crippen LogP contribution is -2.44. The maximum atomic E-state index is 13.2. The van der Waals surface area contributed by atoms with Crippen LogP contribution in [0.3, 0.4) is 0 Å². The van der Waals surface area contributed by atoms with Gasteiger partial charge in [-0.2, -0.15) is 0 Å². The first-order valence-electron chi connectivity index (χ1n) is 10.4. The van der Waals surface area contributed by atoms with Gasteiger partial charge in [0.15, 0.2) is 0 Å². The molecule has 0 aromatic heterocycles. The molecule has 3 amide bonds. The van der Waals surface area contributed by atoms with E-state index in [4.69, 9.17) is 4.74 Å². The minimum atomic E-state index is -0.264. The predicted octanol–water partition coefficient (Wildman–Crippen LogP) is 2.93. The summed E-state index contributed by atoms with van der Waals surface area (Å²) in [5, 5.41) is 0. The molecule has 0 atom stereocenters. The van der Waals surface area contributed by atoms with Gasteiger partial charge in [0.05, 0.1) is 12.7 Å². The zero-order chi connectivity index (χ0) is 22.5. The Hall–Kier alpha value is -3.35. The van der Waals surface area contributed by atoms with E-state index in [1.54, 1.807) is 29.2 Å². The lowest BCUT2D eigenvalue weighted by atomic mass is 10.1. The molecule has 3 rings (SSSR count). The van der Waals surface area contributed by atoms with Gasteiger partial charge in [-0.1, -0.05) is 43.7 Å². The molecule has 1 saturated heterocycles. The van der Waals surface area contributed by atoms with Crippen LogP contribution in [0.15, 0.2) is 48.5 Å². The van der Waals surface area contributed by atoms with E-state index in [-0.39, 0.29) is 43.4 Å². The third-order valence-electron chi connectivity index (χ3n) is 5.17. The number of hydrogen-bond donors (Lipinski definition) is 0. The normalized spacial score (nSPS) is 13.6. The minimum Gasteiger partial charge on any atom is -0.496 e. The van der Waals surface area contributed by atoms with Crippen molar-refractivity contribution in [1.82, 2.24) is 9.80 Å². The van der Waals surface area contributed by atoms with Gasteiger partial charge in [0, 0.05) is 12.2 Å². The van der Waals surface area contributed by atoms with Crippen molar-refractivity contribution in [2.24, 2.45) is 5.92 Å². The Kier molecular flexibility index (Phi) is 6.95. The number of ether oxygens (including phenoxy) is 1. The summed E-state index contributed by atoms with van der Waals surface area (Å²) < 4.78 is 5.32. The summed E-state index contributed by atoms with van der Waals surface area (Å²) in [4.78, 5) is 43.3. The monoisotopic (exact) mass is 423 g/mol. The molecule has 1 fully saturated rings. The number of nitrogens with zero attached hydrogens (tertiary/aromatic N) is 3. The summed E-state index contributed by atoms with van der Waals surface area (Å²) in [5.74, 6) is -0.0118. The van der Waals surface area contributed by atoms with Crippen LogP contribution in [0, 0.1) is 12.8 Å². The first-order valence-corrected chi connectivity index (χ1v) is 10.4. The SMILES string of the molecule is COc1ccccc1C(=O)N(CC(=O)N1CC(=O)N(c2ccc(C)cc2)C1)CC(C)C. The van der Waals surface area contributed by atoms with Gasteiger partial charge in [-0.3, -0.25) is 19.3 Å². The number of amides is 3. The van der Waals surface area contributed by atoms with Crippen LogP contribution in [-0.2, 0) is 9.59 Å². The molecule has 0 spiro atoms. The van der Waals surface area contributed by atoms with Gasteiger partial charge in [-0.25, -0.2) is 0 Å². The van der Waals surface area contributed by atoms with Crippen molar-refractivity contribution in [1.29, 1.82) is 0 Å². The van der Waals surface area contributed by atoms with Crippen LogP contribution < -0.4 is 9.64 Å². The van der Waals surface area contributed by atoms with Crippen molar-refractivity contribution in [3.8, 4) is 5.75 Å². The molecular weight excluding hydrogens is 394 g/mol. The average molecular weight is 424 g/mol. The van der Waals surface area contributed by atoms with E-state index in [0.717, 1.165) is 11.3 Å². The number of methoxy groups -OCH3 is 1. The summed E-state index contributed by atoms with van der Waals surface area (Å²) in [6, 6.07) is 14.6. The zero-order valence-corrected chi connectivity index (χ0v) is 18.5. The molecule has 0 bridgehead atoms. The van der Waals surface area contributed by atoms with Crippen molar-refractivity contribution >= 4 is 23.4 Å². The van der Waals surface area contributed by atoms with Crippen LogP contribution in [-0.4, -0.2) is 60.9 Å². The molecule has 31 heavy (non-hydrogen) atoms. The molecule has 1 heterocycles. The fraction of sp³-hybridized carbons (Fsp3) is 0.375. The minimum absolute atomic E-state index is 0.00504. The highest BCUT2D eigenvalue weighted by Gasteiger charge is 2.33. The molecule has 1 aliphatic rings. The maximum absolute atomic E-state index is 13.2. The Balaban J connectivity index is 1.74. The topological polar surface area (TPSA) is 70.2 Å². The fourth-order valence-electron chi connectivity index (χ4n) is 3.58. The average Bonchev–Trinajstić information content (AvgIpc) is 3.14. The molecule has 7 heteroatoms. The highest BCUT2D eigenvalue weighted by atomic mass is 16.5. The fourth-order valence-corrected chi connectivity index (χ4v) is 3.58. The van der Waals surface area contributed by atoms with Crippen molar-refractivity contribution < 1.29 is 19.1 Å². The number of anilines is 1. The summed E-state index contributed by atoms with van der Waals surface area (Å²) in [5.41, 5.74) is 2.27. The smallest absolute Gasteiger partial charge is 0.258 e. The molecule has 2 aromatic carbocycles. The molecule has 7 nitrogen and oxygen atoms in total. The highest BCUT2D eigenvalue weighted by Crippen LogP contribution is 2.22. The molecule has 0 saturated carbocycles. The second-order valence-electron chi connectivity index (χ2n) is 8.17. The number of para-hydroxylation sites is 1. The van der Waals surface area contributed by atoms with Gasteiger partial charge in [0.2, 0.25) is 11.8 Å². The Bertz CT molecular complexity index is 956. The Morgan fingerprint density at radius 1 is 1.10 bits per heavy atom. The van der Waals surface area contributed by atoms with Crippen LogP contribution >= 0.6 is 0 Å². The van der Waals surface area contributed by atoms with Crippen molar-refractivity contribution in [2.45, 2.75) is 20.8 Å². The van der Waals surface area contributed by atoms with Gasteiger partial charge in [-0.15, -0.1) is 0 Å². The molecule has 0 aliphatic carbocycles. The predicted molar refractivity (Wildman–Crippen MR) is 119 cm³/mol. The summed E-state index contributed by atoms with van der Waals surface area (Å²) in [7, 11) is 1.51. The van der Waals surface area contributed by atoms with E-state index in [2.05, 4.69) is 0 Å². The molecular formula is C24H29N3O4. The number of aryl methyl sites for hydroxylation is 1. The molecule has 0 unspecified atom stereocenters. The van der Waals surface area contributed by atoms with Gasteiger partial charge < -0.3 is 14.5 Å². The second kappa shape index (κ2) is 9.64. The number of benzene rings is 2. The Labute approximate surface area is 183 Å². The quantitative estimate of drug-likeness (QED) is 0.687. The van der Waals surface area contributed by atoms with Crippen LogP contribution in [0.2, 0.25) is 0 Å². The summed E-state index contributed by atoms with van der Waals surface area (Å²) >= 11 is 0. The van der Waals surface area contributed by atoms with Crippen molar-refractivity contribution in [2.75, 3.05) is 38.3 Å². The molecule has 1 aliphatic heterocycles. The molecule has 164 valence electrons. The van der Waals surface area contributed by atoms with Crippen LogP contribution in [0.25, 0.3) is 0 Å². The highest BCUT2D eigenvalue weighted by molar-refractivity contribution is 6.02. The summed E-state index contributed by atoms with van der Waals surface area (Å²) in [6.45, 7) is 6.48.